The maximum Gasteiger partial charge on any atom is 0.229 e. The number of halogens is 2. The van der Waals surface area contributed by atoms with E-state index in [1.807, 2.05) is 31.2 Å². The van der Waals surface area contributed by atoms with Crippen LogP contribution in [-0.2, 0) is 9.59 Å². The van der Waals surface area contributed by atoms with Crippen molar-refractivity contribution in [1.29, 1.82) is 0 Å². The van der Waals surface area contributed by atoms with Gasteiger partial charge >= 0.3 is 0 Å². The summed E-state index contributed by atoms with van der Waals surface area (Å²) >= 11 is 5.71. The third-order valence-electron chi connectivity index (χ3n) is 4.03. The summed E-state index contributed by atoms with van der Waals surface area (Å²) in [6.45, 7) is 2.29. The van der Waals surface area contributed by atoms with Crippen molar-refractivity contribution in [3.8, 4) is 0 Å². The molecule has 1 aliphatic rings. The van der Waals surface area contributed by atoms with Crippen molar-refractivity contribution in [3.05, 3.63) is 58.9 Å². The molecule has 6 heteroatoms. The second-order valence-electron chi connectivity index (χ2n) is 5.86. The van der Waals surface area contributed by atoms with Crippen molar-refractivity contribution in [2.75, 3.05) is 16.8 Å². The Morgan fingerprint density at radius 2 is 1.96 bits per heavy atom. The molecular formula is C18H16ClFN2O2. The van der Waals surface area contributed by atoms with E-state index in [-0.39, 0.29) is 23.3 Å². The maximum absolute atomic E-state index is 13.2. The van der Waals surface area contributed by atoms with Gasteiger partial charge in [-0.3, -0.25) is 9.59 Å². The molecule has 124 valence electrons. The van der Waals surface area contributed by atoms with Crippen LogP contribution in [0.15, 0.2) is 42.5 Å². The molecule has 24 heavy (non-hydrogen) atoms. The lowest BCUT2D eigenvalue weighted by Gasteiger charge is -2.17. The predicted molar refractivity (Wildman–Crippen MR) is 91.7 cm³/mol. The number of amides is 2. The van der Waals surface area contributed by atoms with Crippen LogP contribution in [0.5, 0.6) is 0 Å². The highest BCUT2D eigenvalue weighted by atomic mass is 35.5. The summed E-state index contributed by atoms with van der Waals surface area (Å²) in [6.07, 6.45) is 0.147. The van der Waals surface area contributed by atoms with Crippen molar-refractivity contribution >= 4 is 34.8 Å². The Labute approximate surface area is 144 Å². The lowest BCUT2D eigenvalue weighted by atomic mass is 10.1. The van der Waals surface area contributed by atoms with Crippen LogP contribution < -0.4 is 10.2 Å². The monoisotopic (exact) mass is 346 g/mol. The molecule has 2 aromatic rings. The topological polar surface area (TPSA) is 49.4 Å². The molecule has 2 amide bonds. The van der Waals surface area contributed by atoms with Gasteiger partial charge in [0.1, 0.15) is 5.82 Å². The highest BCUT2D eigenvalue weighted by Gasteiger charge is 2.35. The minimum absolute atomic E-state index is 0.0587. The fraction of sp³-hybridized carbons (Fsp3) is 0.222. The van der Waals surface area contributed by atoms with Crippen molar-refractivity contribution < 1.29 is 14.0 Å². The average molecular weight is 347 g/mol. The van der Waals surface area contributed by atoms with Crippen LogP contribution in [0.2, 0.25) is 5.02 Å². The summed E-state index contributed by atoms with van der Waals surface area (Å²) < 4.78 is 13.2. The van der Waals surface area contributed by atoms with Crippen LogP contribution in [0.4, 0.5) is 15.8 Å². The minimum Gasteiger partial charge on any atom is -0.326 e. The van der Waals surface area contributed by atoms with Crippen LogP contribution in [0, 0.1) is 18.7 Å². The molecular weight excluding hydrogens is 331 g/mol. The van der Waals surface area contributed by atoms with Gasteiger partial charge in [-0.15, -0.1) is 0 Å². The van der Waals surface area contributed by atoms with E-state index < -0.39 is 11.7 Å². The van der Waals surface area contributed by atoms with Crippen molar-refractivity contribution in [1.82, 2.24) is 0 Å². The first kappa shape index (κ1) is 16.5. The Morgan fingerprint density at radius 1 is 1.25 bits per heavy atom. The molecule has 1 saturated heterocycles. The van der Waals surface area contributed by atoms with Crippen LogP contribution >= 0.6 is 11.6 Å². The Kier molecular flexibility index (Phi) is 4.53. The molecule has 1 atom stereocenters. The first-order valence-electron chi connectivity index (χ1n) is 7.57. The Bertz CT molecular complexity index is 792. The van der Waals surface area contributed by atoms with Gasteiger partial charge in [0.25, 0.3) is 0 Å². The second kappa shape index (κ2) is 6.61. The molecule has 0 spiro atoms. The number of benzene rings is 2. The number of nitrogens with one attached hydrogen (secondary N) is 1. The highest BCUT2D eigenvalue weighted by molar-refractivity contribution is 6.31. The highest BCUT2D eigenvalue weighted by Crippen LogP contribution is 2.27. The van der Waals surface area contributed by atoms with Crippen molar-refractivity contribution in [3.63, 3.8) is 0 Å². The smallest absolute Gasteiger partial charge is 0.229 e. The van der Waals surface area contributed by atoms with Gasteiger partial charge in [0.15, 0.2) is 0 Å². The van der Waals surface area contributed by atoms with E-state index in [0.717, 1.165) is 11.3 Å². The number of hydrogen-bond donors (Lipinski definition) is 1. The number of carbonyl (C=O) groups is 2. The van der Waals surface area contributed by atoms with Gasteiger partial charge in [-0.2, -0.15) is 0 Å². The van der Waals surface area contributed by atoms with E-state index >= 15 is 0 Å². The SMILES string of the molecule is Cc1ccc(N2C[C@H](C(=O)Nc3ccc(F)c(Cl)c3)CC2=O)cc1. The zero-order chi connectivity index (χ0) is 17.3. The lowest BCUT2D eigenvalue weighted by Crippen LogP contribution is -2.28. The van der Waals surface area contributed by atoms with Gasteiger partial charge < -0.3 is 10.2 Å². The van der Waals surface area contributed by atoms with E-state index in [1.165, 1.54) is 18.2 Å². The third-order valence-corrected chi connectivity index (χ3v) is 4.32. The van der Waals surface area contributed by atoms with Gasteiger partial charge in [0.2, 0.25) is 11.8 Å². The van der Waals surface area contributed by atoms with Crippen LogP contribution in [0.3, 0.4) is 0 Å². The summed E-state index contributed by atoms with van der Waals surface area (Å²) in [5, 5.41) is 2.63. The summed E-state index contributed by atoms with van der Waals surface area (Å²) in [7, 11) is 0. The van der Waals surface area contributed by atoms with Crippen molar-refractivity contribution in [2.45, 2.75) is 13.3 Å². The molecule has 1 heterocycles. The summed E-state index contributed by atoms with van der Waals surface area (Å²) in [6, 6.07) is 11.6. The zero-order valence-electron chi connectivity index (χ0n) is 13.1. The quantitative estimate of drug-likeness (QED) is 0.919. The number of anilines is 2. The molecule has 1 fully saturated rings. The molecule has 4 nitrogen and oxygen atoms in total. The normalized spacial score (nSPS) is 17.2. The molecule has 1 N–H and O–H groups in total. The molecule has 2 aromatic carbocycles. The summed E-state index contributed by atoms with van der Waals surface area (Å²) in [4.78, 5) is 26.2. The summed E-state index contributed by atoms with van der Waals surface area (Å²) in [5.41, 5.74) is 2.30. The Hall–Kier alpha value is -2.40. The molecule has 1 aliphatic heterocycles. The standard InChI is InChI=1S/C18H16ClFN2O2/c1-11-2-5-14(6-3-11)22-10-12(8-17(22)23)18(24)21-13-4-7-16(20)15(19)9-13/h2-7,9,12H,8,10H2,1H3,(H,21,24)/t12-/m1/s1. The van der Waals surface area contributed by atoms with Gasteiger partial charge in [-0.05, 0) is 37.3 Å². The largest absolute Gasteiger partial charge is 0.326 e. The number of rotatable bonds is 3. The lowest BCUT2D eigenvalue weighted by molar-refractivity contribution is -0.122. The molecule has 0 unspecified atom stereocenters. The molecule has 3 rings (SSSR count). The van der Waals surface area contributed by atoms with Gasteiger partial charge in [0, 0.05) is 24.3 Å². The van der Waals surface area contributed by atoms with E-state index in [9.17, 15) is 14.0 Å². The molecule has 0 aliphatic carbocycles. The Balaban J connectivity index is 1.69. The first-order chi connectivity index (χ1) is 11.4. The van der Waals surface area contributed by atoms with Gasteiger partial charge in [-0.25, -0.2) is 4.39 Å². The molecule has 0 bridgehead atoms. The van der Waals surface area contributed by atoms with E-state index in [4.69, 9.17) is 11.6 Å². The predicted octanol–water partition coefficient (Wildman–Crippen LogP) is 3.78. The fourth-order valence-electron chi connectivity index (χ4n) is 2.68. The minimum atomic E-state index is -0.545. The Morgan fingerprint density at radius 3 is 2.62 bits per heavy atom. The van der Waals surface area contributed by atoms with E-state index in [2.05, 4.69) is 5.32 Å². The zero-order valence-corrected chi connectivity index (χ0v) is 13.8. The molecule has 0 aromatic heterocycles. The molecule has 0 radical (unpaired) electrons. The van der Waals surface area contributed by atoms with Gasteiger partial charge in [-0.1, -0.05) is 29.3 Å². The van der Waals surface area contributed by atoms with E-state index in [1.54, 1.807) is 4.90 Å². The van der Waals surface area contributed by atoms with E-state index in [0.29, 0.717) is 12.2 Å². The maximum atomic E-state index is 13.2. The first-order valence-corrected chi connectivity index (χ1v) is 7.95. The summed E-state index contributed by atoms with van der Waals surface area (Å²) in [5.74, 6) is -1.37. The van der Waals surface area contributed by atoms with Crippen LogP contribution in [0.25, 0.3) is 0 Å². The second-order valence-corrected chi connectivity index (χ2v) is 6.27. The number of nitrogens with zero attached hydrogens (tertiary/aromatic N) is 1. The third kappa shape index (κ3) is 3.41. The van der Waals surface area contributed by atoms with Crippen LogP contribution in [-0.4, -0.2) is 18.4 Å². The number of hydrogen-bond acceptors (Lipinski definition) is 2. The fourth-order valence-corrected chi connectivity index (χ4v) is 2.86. The van der Waals surface area contributed by atoms with Crippen LogP contribution in [0.1, 0.15) is 12.0 Å². The van der Waals surface area contributed by atoms with Crippen molar-refractivity contribution in [2.24, 2.45) is 5.92 Å². The average Bonchev–Trinajstić information content (AvgIpc) is 2.94. The number of aryl methyl sites for hydroxylation is 1. The van der Waals surface area contributed by atoms with Gasteiger partial charge in [0.05, 0.1) is 10.9 Å². The number of carbonyl (C=O) groups excluding carboxylic acids is 2. The molecule has 0 saturated carbocycles.